The highest BCUT2D eigenvalue weighted by Crippen LogP contribution is 2.34. The van der Waals surface area contributed by atoms with E-state index < -0.39 is 5.97 Å². The number of urea groups is 1. The molecule has 0 saturated heterocycles. The molecule has 154 valence electrons. The van der Waals surface area contributed by atoms with E-state index in [9.17, 15) is 9.59 Å². The first-order valence-electron chi connectivity index (χ1n) is 9.96. The van der Waals surface area contributed by atoms with Gasteiger partial charge in [0.05, 0.1) is 13.7 Å². The Morgan fingerprint density at radius 3 is 2.46 bits per heavy atom. The number of aryl methyl sites for hydroxylation is 1. The largest absolute Gasteiger partial charge is 0.496 e. The fraction of sp³-hybridized carbons (Fsp3) is 0.619. The van der Waals surface area contributed by atoms with Gasteiger partial charge >= 0.3 is 12.0 Å². The molecule has 0 aromatic heterocycles. The molecule has 1 aromatic carbocycles. The lowest BCUT2D eigenvalue weighted by molar-refractivity contribution is -0.139. The van der Waals surface area contributed by atoms with Crippen molar-refractivity contribution in [2.24, 2.45) is 5.92 Å². The number of benzene rings is 1. The average Bonchev–Trinajstić information content (AvgIpc) is 3.40. The highest BCUT2D eigenvalue weighted by Gasteiger charge is 2.37. The molecule has 0 radical (unpaired) electrons. The van der Waals surface area contributed by atoms with Gasteiger partial charge in [-0.2, -0.15) is 0 Å². The maximum Gasteiger partial charge on any atom is 0.319 e. The Labute approximate surface area is 166 Å². The number of nitrogens with one attached hydrogen (secondary N) is 2. The Bertz CT molecular complexity index is 755. The minimum absolute atomic E-state index is 0.0838. The zero-order valence-corrected chi connectivity index (χ0v) is 17.2. The van der Waals surface area contributed by atoms with Crippen molar-refractivity contribution in [1.29, 1.82) is 0 Å². The van der Waals surface area contributed by atoms with Gasteiger partial charge in [0.2, 0.25) is 0 Å². The number of anilines is 1. The molecule has 2 fully saturated rings. The highest BCUT2D eigenvalue weighted by atomic mass is 16.5. The number of ether oxygens (including phenoxy) is 1. The van der Waals surface area contributed by atoms with E-state index in [1.165, 1.54) is 12.8 Å². The van der Waals surface area contributed by atoms with Gasteiger partial charge < -0.3 is 20.5 Å². The molecule has 0 aliphatic heterocycles. The number of rotatable bonds is 8. The minimum Gasteiger partial charge on any atom is -0.496 e. The number of carbonyl (C=O) groups is 2. The molecular formula is C21H31N3O4. The Morgan fingerprint density at radius 2 is 1.89 bits per heavy atom. The van der Waals surface area contributed by atoms with Gasteiger partial charge in [-0.15, -0.1) is 0 Å². The SMILES string of the molecule is COc1cc(C)c(NC(=O)NC2CC(N(CC(=O)O)CC3CC3)C2)c(C)c1C. The number of carboxylic acid groups (broad SMARTS) is 1. The van der Waals surface area contributed by atoms with E-state index in [0.717, 1.165) is 47.5 Å². The molecule has 0 unspecified atom stereocenters. The summed E-state index contributed by atoms with van der Waals surface area (Å²) in [5, 5.41) is 15.1. The van der Waals surface area contributed by atoms with Crippen molar-refractivity contribution in [3.8, 4) is 5.75 Å². The third-order valence-corrected chi connectivity index (χ3v) is 6.00. The molecule has 28 heavy (non-hydrogen) atoms. The summed E-state index contributed by atoms with van der Waals surface area (Å²) in [6, 6.07) is 2.04. The molecular weight excluding hydrogens is 358 g/mol. The molecule has 3 N–H and O–H groups in total. The van der Waals surface area contributed by atoms with Crippen LogP contribution in [0.3, 0.4) is 0 Å². The zero-order chi connectivity index (χ0) is 20.4. The van der Waals surface area contributed by atoms with Crippen molar-refractivity contribution in [1.82, 2.24) is 10.2 Å². The predicted molar refractivity (Wildman–Crippen MR) is 108 cm³/mol. The lowest BCUT2D eigenvalue weighted by atomic mass is 9.85. The van der Waals surface area contributed by atoms with Crippen molar-refractivity contribution in [2.75, 3.05) is 25.5 Å². The van der Waals surface area contributed by atoms with E-state index in [2.05, 4.69) is 15.5 Å². The van der Waals surface area contributed by atoms with Crippen LogP contribution in [-0.4, -0.2) is 54.3 Å². The maximum absolute atomic E-state index is 12.5. The van der Waals surface area contributed by atoms with Gasteiger partial charge in [-0.3, -0.25) is 9.69 Å². The van der Waals surface area contributed by atoms with Crippen LogP contribution in [0.25, 0.3) is 0 Å². The molecule has 2 saturated carbocycles. The molecule has 2 amide bonds. The number of hydrogen-bond acceptors (Lipinski definition) is 4. The second kappa shape index (κ2) is 8.39. The number of carbonyl (C=O) groups excluding carboxylic acids is 1. The van der Waals surface area contributed by atoms with Gasteiger partial charge in [-0.25, -0.2) is 4.79 Å². The van der Waals surface area contributed by atoms with Crippen LogP contribution in [0.15, 0.2) is 6.07 Å². The number of hydrogen-bond donors (Lipinski definition) is 3. The first kappa shape index (κ1) is 20.5. The predicted octanol–water partition coefficient (Wildman–Crippen LogP) is 3.07. The van der Waals surface area contributed by atoms with Crippen LogP contribution in [-0.2, 0) is 4.79 Å². The number of aliphatic carboxylic acids is 1. The molecule has 7 heteroatoms. The Balaban J connectivity index is 1.53. The highest BCUT2D eigenvalue weighted by molar-refractivity contribution is 5.91. The molecule has 7 nitrogen and oxygen atoms in total. The number of methoxy groups -OCH3 is 1. The van der Waals surface area contributed by atoms with Gasteiger partial charge in [-0.05, 0) is 75.1 Å². The number of carboxylic acids is 1. The molecule has 0 bridgehead atoms. The van der Waals surface area contributed by atoms with E-state index in [1.807, 2.05) is 26.8 Å². The second-order valence-electron chi connectivity index (χ2n) is 8.21. The van der Waals surface area contributed by atoms with Gasteiger partial charge in [0.15, 0.2) is 0 Å². The third kappa shape index (κ3) is 4.76. The normalized spacial score (nSPS) is 21.2. The molecule has 1 aromatic rings. The van der Waals surface area contributed by atoms with E-state index >= 15 is 0 Å². The summed E-state index contributed by atoms with van der Waals surface area (Å²) in [5.41, 5.74) is 3.78. The third-order valence-electron chi connectivity index (χ3n) is 6.00. The summed E-state index contributed by atoms with van der Waals surface area (Å²) in [4.78, 5) is 25.7. The summed E-state index contributed by atoms with van der Waals surface area (Å²) in [7, 11) is 1.64. The van der Waals surface area contributed by atoms with Crippen LogP contribution in [0, 0.1) is 26.7 Å². The van der Waals surface area contributed by atoms with E-state index in [4.69, 9.17) is 9.84 Å². The topological polar surface area (TPSA) is 90.9 Å². The van der Waals surface area contributed by atoms with Gasteiger partial charge in [-0.1, -0.05) is 0 Å². The van der Waals surface area contributed by atoms with Gasteiger partial charge in [0.1, 0.15) is 5.75 Å². The molecule has 2 aliphatic rings. The number of nitrogens with zero attached hydrogens (tertiary/aromatic N) is 1. The first-order chi connectivity index (χ1) is 13.3. The van der Waals surface area contributed by atoms with Crippen molar-refractivity contribution in [3.05, 3.63) is 22.8 Å². The smallest absolute Gasteiger partial charge is 0.319 e. The van der Waals surface area contributed by atoms with Crippen molar-refractivity contribution >= 4 is 17.7 Å². The Hall–Kier alpha value is -2.28. The molecule has 0 spiro atoms. The van der Waals surface area contributed by atoms with Crippen LogP contribution in [0.5, 0.6) is 5.75 Å². The second-order valence-corrected chi connectivity index (χ2v) is 8.21. The number of amides is 2. The summed E-state index contributed by atoms with van der Waals surface area (Å²) in [6.07, 6.45) is 4.00. The summed E-state index contributed by atoms with van der Waals surface area (Å²) >= 11 is 0. The molecule has 3 rings (SSSR count). The van der Waals surface area contributed by atoms with E-state index in [1.54, 1.807) is 7.11 Å². The monoisotopic (exact) mass is 389 g/mol. The van der Waals surface area contributed by atoms with Crippen molar-refractivity contribution < 1.29 is 19.4 Å². The summed E-state index contributed by atoms with van der Waals surface area (Å²) in [5.74, 6) is 0.687. The molecule has 2 aliphatic carbocycles. The lowest BCUT2D eigenvalue weighted by Gasteiger charge is -2.42. The van der Waals surface area contributed by atoms with Crippen molar-refractivity contribution in [3.63, 3.8) is 0 Å². The molecule has 0 atom stereocenters. The Kier molecular flexibility index (Phi) is 6.13. The quantitative estimate of drug-likeness (QED) is 0.636. The van der Waals surface area contributed by atoms with E-state index in [0.29, 0.717) is 5.92 Å². The first-order valence-corrected chi connectivity index (χ1v) is 9.96. The summed E-state index contributed by atoms with van der Waals surface area (Å²) < 4.78 is 5.38. The summed E-state index contributed by atoms with van der Waals surface area (Å²) in [6.45, 7) is 6.85. The van der Waals surface area contributed by atoms with E-state index in [-0.39, 0.29) is 24.7 Å². The van der Waals surface area contributed by atoms with Gasteiger partial charge in [0.25, 0.3) is 0 Å². The Morgan fingerprint density at radius 1 is 1.21 bits per heavy atom. The maximum atomic E-state index is 12.5. The lowest BCUT2D eigenvalue weighted by Crippen LogP contribution is -2.55. The minimum atomic E-state index is -0.782. The van der Waals surface area contributed by atoms with Crippen LogP contribution in [0.2, 0.25) is 0 Å². The molecule has 0 heterocycles. The fourth-order valence-electron chi connectivity index (χ4n) is 3.94. The van der Waals surface area contributed by atoms with Crippen LogP contribution >= 0.6 is 0 Å². The standard InChI is InChI=1S/C21H31N3O4/c1-12-7-18(28-4)13(2)14(3)20(12)23-21(27)22-16-8-17(9-16)24(11-19(25)26)10-15-5-6-15/h7,15-17H,5-6,8-11H2,1-4H3,(H,25,26)(H2,22,23,27). The van der Waals surface area contributed by atoms with Crippen molar-refractivity contribution in [2.45, 2.75) is 58.5 Å². The van der Waals surface area contributed by atoms with Crippen LogP contribution in [0.1, 0.15) is 42.4 Å². The van der Waals surface area contributed by atoms with Crippen LogP contribution in [0.4, 0.5) is 10.5 Å². The zero-order valence-electron chi connectivity index (χ0n) is 17.2. The van der Waals surface area contributed by atoms with Gasteiger partial charge in [0, 0.05) is 24.3 Å². The fourth-order valence-corrected chi connectivity index (χ4v) is 3.94. The van der Waals surface area contributed by atoms with Crippen LogP contribution < -0.4 is 15.4 Å². The average molecular weight is 389 g/mol.